The number of ether oxygens (including phenoxy) is 3. The van der Waals surface area contributed by atoms with Crippen LogP contribution in [-0.4, -0.2) is 61.7 Å². The number of carbonyl (C=O) groups excluding carboxylic acids is 3. The highest BCUT2D eigenvalue weighted by molar-refractivity contribution is 6.39. The Bertz CT molecular complexity index is 1060. The van der Waals surface area contributed by atoms with Crippen LogP contribution in [0.1, 0.15) is 38.7 Å². The van der Waals surface area contributed by atoms with E-state index in [4.69, 9.17) is 14.2 Å². The molecule has 10 heteroatoms. The van der Waals surface area contributed by atoms with E-state index in [9.17, 15) is 14.4 Å². The fraction of sp³-hybridized carbons (Fsp3) is 0.385. The van der Waals surface area contributed by atoms with Gasteiger partial charge in [-0.05, 0) is 74.2 Å². The van der Waals surface area contributed by atoms with E-state index >= 15 is 0 Å². The van der Waals surface area contributed by atoms with E-state index in [2.05, 4.69) is 15.8 Å². The van der Waals surface area contributed by atoms with Crippen molar-refractivity contribution in [3.63, 3.8) is 0 Å². The minimum atomic E-state index is -0.914. The van der Waals surface area contributed by atoms with Gasteiger partial charge in [0.25, 0.3) is 5.91 Å². The summed E-state index contributed by atoms with van der Waals surface area (Å²) in [6.07, 6.45) is 4.31. The van der Waals surface area contributed by atoms with E-state index in [1.807, 2.05) is 13.8 Å². The zero-order chi connectivity index (χ0) is 25.8. The number of hydrogen-bond donors (Lipinski definition) is 2. The Kier molecular flexibility index (Phi) is 10.1. The van der Waals surface area contributed by atoms with Crippen LogP contribution in [0.3, 0.4) is 0 Å². The molecule has 3 rings (SSSR count). The van der Waals surface area contributed by atoms with E-state index in [0.29, 0.717) is 41.7 Å². The first-order chi connectivity index (χ1) is 17.5. The number of carbonyl (C=O) groups is 3. The van der Waals surface area contributed by atoms with Crippen molar-refractivity contribution < 1.29 is 28.6 Å². The van der Waals surface area contributed by atoms with Gasteiger partial charge in [0.2, 0.25) is 0 Å². The third kappa shape index (κ3) is 8.00. The molecule has 2 N–H and O–H groups in total. The summed E-state index contributed by atoms with van der Waals surface area (Å²) in [7, 11) is 0. The average molecular weight is 497 g/mol. The molecule has 1 fully saturated rings. The molecule has 0 aliphatic carbocycles. The molecule has 1 heterocycles. The van der Waals surface area contributed by atoms with E-state index in [0.717, 1.165) is 32.4 Å². The van der Waals surface area contributed by atoms with Crippen LogP contribution in [0, 0.1) is 0 Å². The first-order valence-electron chi connectivity index (χ1n) is 12.0. The number of hydrazone groups is 1. The zero-order valence-electron chi connectivity index (χ0n) is 20.6. The zero-order valence-corrected chi connectivity index (χ0v) is 20.6. The minimum absolute atomic E-state index is 0.0534. The summed E-state index contributed by atoms with van der Waals surface area (Å²) in [6, 6.07) is 11.8. The van der Waals surface area contributed by atoms with E-state index in [1.165, 1.54) is 6.21 Å². The Morgan fingerprint density at radius 1 is 0.944 bits per heavy atom. The summed E-state index contributed by atoms with van der Waals surface area (Å²) in [4.78, 5) is 38.2. The number of hydrogen-bond acceptors (Lipinski definition) is 7. The van der Waals surface area contributed by atoms with Crippen LogP contribution in [0.2, 0.25) is 0 Å². The minimum Gasteiger partial charge on any atom is -0.494 e. The molecule has 0 spiro atoms. The Hall–Kier alpha value is -4.08. The van der Waals surface area contributed by atoms with E-state index < -0.39 is 11.8 Å². The fourth-order valence-electron chi connectivity index (χ4n) is 3.45. The maximum absolute atomic E-state index is 12.2. The van der Waals surface area contributed by atoms with E-state index in [-0.39, 0.29) is 12.5 Å². The molecule has 36 heavy (non-hydrogen) atoms. The second-order valence-corrected chi connectivity index (χ2v) is 8.04. The summed E-state index contributed by atoms with van der Waals surface area (Å²) < 4.78 is 16.8. The van der Waals surface area contributed by atoms with Gasteiger partial charge in [0.05, 0.1) is 19.4 Å². The van der Waals surface area contributed by atoms with Crippen LogP contribution in [0.4, 0.5) is 5.69 Å². The number of nitrogens with one attached hydrogen (secondary N) is 2. The molecule has 10 nitrogen and oxygen atoms in total. The SMILES string of the molecule is CCCOc1ccc(NC(=O)C(=O)N/N=C\c2ccc(OCC(=O)N3CCCC3)c(OCC)c2)cc1. The predicted octanol–water partition coefficient (Wildman–Crippen LogP) is 2.96. The second-order valence-electron chi connectivity index (χ2n) is 8.04. The lowest BCUT2D eigenvalue weighted by atomic mass is 10.2. The van der Waals surface area contributed by atoms with Gasteiger partial charge in [-0.3, -0.25) is 14.4 Å². The molecule has 0 saturated carbocycles. The first-order valence-corrected chi connectivity index (χ1v) is 12.0. The molecule has 1 aliphatic heterocycles. The molecule has 0 radical (unpaired) electrons. The molecule has 2 aromatic rings. The molecule has 0 atom stereocenters. The number of rotatable bonds is 11. The summed E-state index contributed by atoms with van der Waals surface area (Å²) in [5, 5.41) is 6.35. The van der Waals surface area contributed by atoms with Crippen molar-refractivity contribution in [2.45, 2.75) is 33.1 Å². The van der Waals surface area contributed by atoms with Crippen LogP contribution in [-0.2, 0) is 14.4 Å². The molecule has 3 amide bonds. The topological polar surface area (TPSA) is 119 Å². The van der Waals surface area contributed by atoms with Crippen molar-refractivity contribution >= 4 is 29.6 Å². The molecule has 2 aromatic carbocycles. The number of amides is 3. The highest BCUT2D eigenvalue weighted by atomic mass is 16.5. The summed E-state index contributed by atoms with van der Waals surface area (Å²) in [5.41, 5.74) is 3.27. The predicted molar refractivity (Wildman–Crippen MR) is 136 cm³/mol. The van der Waals surface area contributed by atoms with Crippen LogP contribution in [0.25, 0.3) is 0 Å². The Labute approximate surface area is 210 Å². The second kappa shape index (κ2) is 13.7. The molecular formula is C26H32N4O6. The molecule has 1 saturated heterocycles. The highest BCUT2D eigenvalue weighted by Crippen LogP contribution is 2.28. The van der Waals surface area contributed by atoms with Crippen molar-refractivity contribution in [3.8, 4) is 17.2 Å². The summed E-state index contributed by atoms with van der Waals surface area (Å²) in [6.45, 7) is 6.32. The van der Waals surface area contributed by atoms with Gasteiger partial charge in [-0.1, -0.05) is 6.92 Å². The van der Waals surface area contributed by atoms with Crippen molar-refractivity contribution in [1.29, 1.82) is 0 Å². The van der Waals surface area contributed by atoms with Gasteiger partial charge < -0.3 is 24.4 Å². The lowest BCUT2D eigenvalue weighted by Crippen LogP contribution is -2.32. The fourth-order valence-corrected chi connectivity index (χ4v) is 3.45. The Morgan fingerprint density at radius 2 is 1.69 bits per heavy atom. The molecule has 0 bridgehead atoms. The highest BCUT2D eigenvalue weighted by Gasteiger charge is 2.19. The maximum Gasteiger partial charge on any atom is 0.329 e. The smallest absolute Gasteiger partial charge is 0.329 e. The Balaban J connectivity index is 1.51. The van der Waals surface area contributed by atoms with Crippen LogP contribution in [0.5, 0.6) is 17.2 Å². The van der Waals surface area contributed by atoms with Gasteiger partial charge in [-0.2, -0.15) is 5.10 Å². The van der Waals surface area contributed by atoms with E-state index in [1.54, 1.807) is 47.4 Å². The quantitative estimate of drug-likeness (QED) is 0.281. The van der Waals surface area contributed by atoms with Crippen LogP contribution >= 0.6 is 0 Å². The normalized spacial score (nSPS) is 12.9. The largest absolute Gasteiger partial charge is 0.494 e. The van der Waals surface area contributed by atoms with Crippen LogP contribution < -0.4 is 25.0 Å². The van der Waals surface area contributed by atoms with Gasteiger partial charge in [0.15, 0.2) is 18.1 Å². The summed E-state index contributed by atoms with van der Waals surface area (Å²) >= 11 is 0. The lowest BCUT2D eigenvalue weighted by molar-refractivity contribution is -0.136. The number of nitrogens with zero attached hydrogens (tertiary/aromatic N) is 2. The van der Waals surface area contributed by atoms with Gasteiger partial charge in [0.1, 0.15) is 5.75 Å². The first kappa shape index (κ1) is 26.5. The Morgan fingerprint density at radius 3 is 2.39 bits per heavy atom. The van der Waals surface area contributed by atoms with Gasteiger partial charge in [-0.15, -0.1) is 0 Å². The maximum atomic E-state index is 12.2. The van der Waals surface area contributed by atoms with Crippen molar-refractivity contribution in [2.24, 2.45) is 5.10 Å². The van der Waals surface area contributed by atoms with Crippen molar-refractivity contribution in [1.82, 2.24) is 10.3 Å². The van der Waals surface area contributed by atoms with Gasteiger partial charge in [-0.25, -0.2) is 5.43 Å². The molecule has 192 valence electrons. The molecular weight excluding hydrogens is 464 g/mol. The number of benzene rings is 2. The lowest BCUT2D eigenvalue weighted by Gasteiger charge is -2.17. The summed E-state index contributed by atoms with van der Waals surface area (Å²) in [5.74, 6) is -0.242. The van der Waals surface area contributed by atoms with Gasteiger partial charge in [0, 0.05) is 18.8 Å². The third-order valence-electron chi connectivity index (χ3n) is 5.25. The van der Waals surface area contributed by atoms with Crippen LogP contribution in [0.15, 0.2) is 47.6 Å². The molecule has 1 aliphatic rings. The van der Waals surface area contributed by atoms with Crippen molar-refractivity contribution in [2.75, 3.05) is 38.2 Å². The van der Waals surface area contributed by atoms with Gasteiger partial charge >= 0.3 is 11.8 Å². The third-order valence-corrected chi connectivity index (χ3v) is 5.25. The average Bonchev–Trinajstić information content (AvgIpc) is 3.43. The monoisotopic (exact) mass is 496 g/mol. The number of anilines is 1. The standard InChI is InChI=1S/C26H32N4O6/c1-3-15-35-21-10-8-20(9-11-21)28-25(32)26(33)29-27-17-19-7-12-22(23(16-19)34-4-2)36-18-24(31)30-13-5-6-14-30/h7-12,16-17H,3-6,13-15,18H2,1-2H3,(H,28,32)(H,29,33)/b27-17-. The number of likely N-dealkylation sites (tertiary alicyclic amines) is 1. The van der Waals surface area contributed by atoms with Crippen molar-refractivity contribution in [3.05, 3.63) is 48.0 Å². The molecule has 0 aromatic heterocycles. The molecule has 0 unspecified atom stereocenters.